The number of anilines is 2. The predicted octanol–water partition coefficient (Wildman–Crippen LogP) is 5.79. The van der Waals surface area contributed by atoms with Crippen LogP contribution in [0.5, 0.6) is 5.75 Å². The molecule has 1 aliphatic heterocycles. The zero-order chi connectivity index (χ0) is 26.9. The van der Waals surface area contributed by atoms with Gasteiger partial charge in [0.1, 0.15) is 5.75 Å². The van der Waals surface area contributed by atoms with Crippen molar-refractivity contribution in [1.82, 2.24) is 5.32 Å². The van der Waals surface area contributed by atoms with Crippen molar-refractivity contribution in [2.24, 2.45) is 0 Å². The lowest BCUT2D eigenvalue weighted by molar-refractivity contribution is -0.114. The minimum Gasteiger partial charge on any atom is -0.494 e. The fourth-order valence-electron chi connectivity index (χ4n) is 4.16. The smallest absolute Gasteiger partial charge is 0.254 e. The van der Waals surface area contributed by atoms with E-state index >= 15 is 0 Å². The summed E-state index contributed by atoms with van der Waals surface area (Å²) in [5.41, 5.74) is 3.55. The van der Waals surface area contributed by atoms with Crippen molar-refractivity contribution in [3.63, 3.8) is 0 Å². The second kappa shape index (κ2) is 12.7. The molecule has 0 saturated carbocycles. The van der Waals surface area contributed by atoms with Gasteiger partial charge in [-0.15, -0.1) is 0 Å². The summed E-state index contributed by atoms with van der Waals surface area (Å²) in [6, 6.07) is 28.1. The van der Waals surface area contributed by atoms with E-state index < -0.39 is 5.92 Å². The molecular weight excluding hydrogens is 496 g/mol. The van der Waals surface area contributed by atoms with Gasteiger partial charge >= 0.3 is 0 Å². The number of rotatable bonds is 9. The molecule has 0 fully saturated rings. The molecule has 0 aromatic heterocycles. The van der Waals surface area contributed by atoms with Gasteiger partial charge in [0.05, 0.1) is 34.9 Å². The van der Waals surface area contributed by atoms with Crippen molar-refractivity contribution in [2.45, 2.75) is 19.8 Å². The Balaban J connectivity index is 1.64. The normalized spacial score (nSPS) is 14.8. The molecule has 3 N–H and O–H groups in total. The van der Waals surface area contributed by atoms with Crippen LogP contribution in [0.25, 0.3) is 0 Å². The highest BCUT2D eigenvalue weighted by Crippen LogP contribution is 2.41. The van der Waals surface area contributed by atoms with Gasteiger partial charge in [-0.3, -0.25) is 9.59 Å². The highest BCUT2D eigenvalue weighted by Gasteiger charge is 2.35. The standard InChI is InChI=1S/C30H28N4O3S/c1-3-37-24-16-14-21(15-17-24)28-25(18-31)30(38-19-26(35)33-22-10-6-4-7-11-22)32-20(2)27(28)29(36)34-23-12-8-5-9-13-23/h4-17,28,32H,3,19H2,1-2H3,(H,33,35)(H,34,36). The number of carbonyl (C=O) groups is 2. The van der Waals surface area contributed by atoms with Gasteiger partial charge in [-0.05, 0) is 55.8 Å². The van der Waals surface area contributed by atoms with Crippen LogP contribution in [0, 0.1) is 11.3 Å². The molecule has 1 atom stereocenters. The van der Waals surface area contributed by atoms with Crippen molar-refractivity contribution >= 4 is 35.0 Å². The van der Waals surface area contributed by atoms with Crippen LogP contribution in [0.15, 0.2) is 107 Å². The molecule has 0 bridgehead atoms. The van der Waals surface area contributed by atoms with Crippen LogP contribution in [-0.2, 0) is 9.59 Å². The van der Waals surface area contributed by atoms with E-state index in [4.69, 9.17) is 4.74 Å². The molecule has 7 nitrogen and oxygen atoms in total. The van der Waals surface area contributed by atoms with E-state index in [1.807, 2.05) is 91.9 Å². The van der Waals surface area contributed by atoms with Crippen LogP contribution in [0.4, 0.5) is 11.4 Å². The first-order chi connectivity index (χ1) is 18.5. The Morgan fingerprint density at radius 3 is 2.13 bits per heavy atom. The zero-order valence-corrected chi connectivity index (χ0v) is 22.0. The number of nitrogens with one attached hydrogen (secondary N) is 3. The number of amides is 2. The molecule has 38 heavy (non-hydrogen) atoms. The van der Waals surface area contributed by atoms with E-state index in [0.717, 1.165) is 5.56 Å². The highest BCUT2D eigenvalue weighted by atomic mass is 32.2. The number of benzene rings is 3. The van der Waals surface area contributed by atoms with Crippen molar-refractivity contribution in [3.8, 4) is 11.8 Å². The third kappa shape index (κ3) is 6.44. The summed E-state index contributed by atoms with van der Waals surface area (Å²) in [5, 5.41) is 19.8. The van der Waals surface area contributed by atoms with Gasteiger partial charge in [0.2, 0.25) is 5.91 Å². The van der Waals surface area contributed by atoms with Gasteiger partial charge in [-0.2, -0.15) is 5.26 Å². The first kappa shape index (κ1) is 26.6. The number of allylic oxidation sites excluding steroid dienone is 2. The molecule has 3 aromatic carbocycles. The SMILES string of the molecule is CCOc1ccc(C2C(C#N)=C(SCC(=O)Nc3ccccc3)NC(C)=C2C(=O)Nc2ccccc2)cc1. The summed E-state index contributed by atoms with van der Waals surface area (Å²) < 4.78 is 5.58. The number of dihydropyridines is 1. The topological polar surface area (TPSA) is 103 Å². The summed E-state index contributed by atoms with van der Waals surface area (Å²) in [5.74, 6) is -0.327. The molecule has 3 aromatic rings. The largest absolute Gasteiger partial charge is 0.494 e. The van der Waals surface area contributed by atoms with Crippen molar-refractivity contribution in [3.05, 3.63) is 112 Å². The minimum atomic E-state index is -0.625. The van der Waals surface area contributed by atoms with Crippen LogP contribution < -0.4 is 20.7 Å². The fraction of sp³-hybridized carbons (Fsp3) is 0.167. The van der Waals surface area contributed by atoms with E-state index in [9.17, 15) is 14.9 Å². The molecule has 1 unspecified atom stereocenters. The fourth-order valence-corrected chi connectivity index (χ4v) is 5.05. The molecule has 0 radical (unpaired) electrons. The van der Waals surface area contributed by atoms with E-state index in [0.29, 0.717) is 45.6 Å². The third-order valence-corrected chi connectivity index (χ3v) is 6.87. The number of nitriles is 1. The van der Waals surface area contributed by atoms with Crippen LogP contribution in [-0.4, -0.2) is 24.2 Å². The van der Waals surface area contributed by atoms with Crippen LogP contribution in [0.2, 0.25) is 0 Å². The molecule has 192 valence electrons. The van der Waals surface area contributed by atoms with Gasteiger partial charge in [0, 0.05) is 22.6 Å². The van der Waals surface area contributed by atoms with Gasteiger partial charge in [-0.25, -0.2) is 0 Å². The zero-order valence-electron chi connectivity index (χ0n) is 21.2. The lowest BCUT2D eigenvalue weighted by atomic mass is 9.82. The number of carbonyl (C=O) groups excluding carboxylic acids is 2. The van der Waals surface area contributed by atoms with Gasteiger partial charge in [0.25, 0.3) is 5.91 Å². The lowest BCUT2D eigenvalue weighted by Crippen LogP contribution is -2.31. The Morgan fingerprint density at radius 1 is 0.947 bits per heavy atom. The number of hydrogen-bond acceptors (Lipinski definition) is 6. The summed E-state index contributed by atoms with van der Waals surface area (Å²) in [7, 11) is 0. The summed E-state index contributed by atoms with van der Waals surface area (Å²) in [6.07, 6.45) is 0. The van der Waals surface area contributed by atoms with Gasteiger partial charge < -0.3 is 20.7 Å². The lowest BCUT2D eigenvalue weighted by Gasteiger charge is -2.30. The molecular formula is C30H28N4O3S. The van der Waals surface area contributed by atoms with Crippen molar-refractivity contribution in [1.29, 1.82) is 5.26 Å². The van der Waals surface area contributed by atoms with Crippen LogP contribution in [0.1, 0.15) is 25.3 Å². The molecule has 2 amide bonds. The Morgan fingerprint density at radius 2 is 1.55 bits per heavy atom. The quantitative estimate of drug-likeness (QED) is 0.327. The first-order valence-electron chi connectivity index (χ1n) is 12.2. The Labute approximate surface area is 226 Å². The number of hydrogen-bond donors (Lipinski definition) is 3. The number of ether oxygens (including phenoxy) is 1. The average Bonchev–Trinajstić information content (AvgIpc) is 2.93. The molecule has 0 aliphatic carbocycles. The Hall–Kier alpha value is -4.48. The van der Waals surface area contributed by atoms with Crippen LogP contribution in [0.3, 0.4) is 0 Å². The maximum Gasteiger partial charge on any atom is 0.254 e. The average molecular weight is 525 g/mol. The van der Waals surface area contributed by atoms with E-state index in [1.54, 1.807) is 6.92 Å². The molecule has 0 saturated heterocycles. The maximum atomic E-state index is 13.5. The van der Waals surface area contributed by atoms with Crippen LogP contribution >= 0.6 is 11.8 Å². The molecule has 8 heteroatoms. The second-order valence-corrected chi connectivity index (χ2v) is 9.46. The number of thioether (sulfide) groups is 1. The third-order valence-electron chi connectivity index (χ3n) is 5.85. The van der Waals surface area contributed by atoms with Gasteiger partial charge in [-0.1, -0.05) is 60.3 Å². The Kier molecular flexibility index (Phi) is 8.85. The summed E-state index contributed by atoms with van der Waals surface area (Å²) in [6.45, 7) is 4.25. The Bertz CT molecular complexity index is 1390. The van der Waals surface area contributed by atoms with Gasteiger partial charge in [0.15, 0.2) is 0 Å². The monoisotopic (exact) mass is 524 g/mol. The first-order valence-corrected chi connectivity index (χ1v) is 13.2. The molecule has 1 aliphatic rings. The van der Waals surface area contributed by atoms with E-state index in [1.165, 1.54) is 11.8 Å². The highest BCUT2D eigenvalue weighted by molar-refractivity contribution is 8.03. The maximum absolute atomic E-state index is 13.5. The van der Waals surface area contributed by atoms with E-state index in [-0.39, 0.29) is 17.6 Å². The van der Waals surface area contributed by atoms with E-state index in [2.05, 4.69) is 22.0 Å². The summed E-state index contributed by atoms with van der Waals surface area (Å²) >= 11 is 1.23. The predicted molar refractivity (Wildman–Crippen MR) is 151 cm³/mol. The van der Waals surface area contributed by atoms with Crippen molar-refractivity contribution in [2.75, 3.05) is 23.0 Å². The molecule has 4 rings (SSSR count). The number of para-hydroxylation sites is 2. The van der Waals surface area contributed by atoms with Crippen molar-refractivity contribution < 1.29 is 14.3 Å². The summed E-state index contributed by atoms with van der Waals surface area (Å²) in [4.78, 5) is 26.1. The second-order valence-electron chi connectivity index (χ2n) is 8.48. The minimum absolute atomic E-state index is 0.0945. The molecule has 0 spiro atoms. The molecule has 1 heterocycles. The number of nitrogens with zero attached hydrogens (tertiary/aromatic N) is 1.